The highest BCUT2D eigenvalue weighted by atomic mass is 79.9. The quantitative estimate of drug-likeness (QED) is 0.925. The number of thiazole rings is 1. The summed E-state index contributed by atoms with van der Waals surface area (Å²) in [5.74, 6) is -2.60. The molecule has 0 aliphatic carbocycles. The van der Waals surface area contributed by atoms with Gasteiger partial charge in [0, 0.05) is 15.5 Å². The van der Waals surface area contributed by atoms with E-state index in [2.05, 4.69) is 26.2 Å². The van der Waals surface area contributed by atoms with Gasteiger partial charge in [-0.1, -0.05) is 15.9 Å². The van der Waals surface area contributed by atoms with Crippen LogP contribution in [0.4, 0.5) is 8.78 Å². The van der Waals surface area contributed by atoms with Gasteiger partial charge in [0.25, 0.3) is 5.91 Å². The average Bonchev–Trinajstić information content (AvgIpc) is 2.71. The Morgan fingerprint density at radius 3 is 2.58 bits per heavy atom. The maximum absolute atomic E-state index is 13.5. The number of amides is 1. The van der Waals surface area contributed by atoms with Crippen molar-refractivity contribution in [1.82, 2.24) is 10.3 Å². The summed E-state index contributed by atoms with van der Waals surface area (Å²) in [5.41, 5.74) is -0.587. The SMILES string of the molecule is Cc1cnc(CNC(=O)c2c(F)cc(Br)cc2F)s1. The molecule has 100 valence electrons. The molecular formula is C12H9BrF2N2OS. The van der Waals surface area contributed by atoms with Crippen LogP contribution in [0.15, 0.2) is 22.8 Å². The van der Waals surface area contributed by atoms with Gasteiger partial charge in [0.1, 0.15) is 22.2 Å². The zero-order valence-electron chi connectivity index (χ0n) is 9.84. The van der Waals surface area contributed by atoms with Crippen LogP contribution in [0.5, 0.6) is 0 Å². The lowest BCUT2D eigenvalue weighted by molar-refractivity contribution is 0.0942. The van der Waals surface area contributed by atoms with Gasteiger partial charge >= 0.3 is 0 Å². The zero-order chi connectivity index (χ0) is 14.0. The van der Waals surface area contributed by atoms with Gasteiger partial charge in [-0.05, 0) is 19.1 Å². The number of carbonyl (C=O) groups is 1. The van der Waals surface area contributed by atoms with Gasteiger partial charge in [-0.3, -0.25) is 4.79 Å². The lowest BCUT2D eigenvalue weighted by Gasteiger charge is -2.06. The smallest absolute Gasteiger partial charge is 0.257 e. The molecular weight excluding hydrogens is 338 g/mol. The number of halogens is 3. The number of nitrogens with zero attached hydrogens (tertiary/aromatic N) is 1. The molecule has 0 aliphatic heterocycles. The Kier molecular flexibility index (Phi) is 4.26. The molecule has 1 heterocycles. The molecule has 0 atom stereocenters. The summed E-state index contributed by atoms with van der Waals surface area (Å²) in [6.07, 6.45) is 1.67. The summed E-state index contributed by atoms with van der Waals surface area (Å²) in [7, 11) is 0. The standard InChI is InChI=1S/C12H9BrF2N2OS/c1-6-4-16-10(19-6)5-17-12(18)11-8(14)2-7(13)3-9(11)15/h2-4H,5H2,1H3,(H,17,18). The van der Waals surface area contributed by atoms with Crippen LogP contribution in [-0.4, -0.2) is 10.9 Å². The van der Waals surface area contributed by atoms with E-state index < -0.39 is 23.1 Å². The predicted molar refractivity (Wildman–Crippen MR) is 72.1 cm³/mol. The summed E-state index contributed by atoms with van der Waals surface area (Å²) in [5, 5.41) is 3.13. The van der Waals surface area contributed by atoms with Crippen molar-refractivity contribution >= 4 is 33.2 Å². The molecule has 7 heteroatoms. The van der Waals surface area contributed by atoms with Crippen molar-refractivity contribution in [2.45, 2.75) is 13.5 Å². The molecule has 0 fully saturated rings. The van der Waals surface area contributed by atoms with Crippen molar-refractivity contribution in [2.75, 3.05) is 0 Å². The van der Waals surface area contributed by atoms with E-state index in [1.54, 1.807) is 6.20 Å². The van der Waals surface area contributed by atoms with E-state index in [9.17, 15) is 13.6 Å². The third-order valence-electron chi connectivity index (χ3n) is 2.30. The van der Waals surface area contributed by atoms with E-state index in [0.717, 1.165) is 17.0 Å². The van der Waals surface area contributed by atoms with Crippen molar-refractivity contribution in [3.05, 3.63) is 49.9 Å². The Morgan fingerprint density at radius 1 is 1.42 bits per heavy atom. The molecule has 0 saturated carbocycles. The molecule has 0 bridgehead atoms. The topological polar surface area (TPSA) is 42.0 Å². The number of benzene rings is 1. The van der Waals surface area contributed by atoms with Crippen molar-refractivity contribution < 1.29 is 13.6 Å². The van der Waals surface area contributed by atoms with Crippen molar-refractivity contribution in [1.29, 1.82) is 0 Å². The van der Waals surface area contributed by atoms with Crippen LogP contribution in [0.1, 0.15) is 20.2 Å². The van der Waals surface area contributed by atoms with Gasteiger partial charge in [-0.25, -0.2) is 13.8 Å². The van der Waals surface area contributed by atoms with E-state index in [1.807, 2.05) is 6.92 Å². The molecule has 0 unspecified atom stereocenters. The first-order chi connectivity index (χ1) is 8.97. The van der Waals surface area contributed by atoms with Crippen molar-refractivity contribution in [3.8, 4) is 0 Å². The number of aromatic nitrogens is 1. The molecule has 3 nitrogen and oxygen atoms in total. The van der Waals surface area contributed by atoms with Gasteiger partial charge in [-0.2, -0.15) is 0 Å². The Hall–Kier alpha value is -1.34. The monoisotopic (exact) mass is 346 g/mol. The molecule has 0 saturated heterocycles. The van der Waals surface area contributed by atoms with E-state index in [1.165, 1.54) is 11.3 Å². The molecule has 0 radical (unpaired) electrons. The second-order valence-electron chi connectivity index (χ2n) is 3.79. The normalized spacial score (nSPS) is 10.5. The first-order valence-corrected chi connectivity index (χ1v) is 6.92. The third kappa shape index (κ3) is 3.36. The molecule has 0 spiro atoms. The summed E-state index contributed by atoms with van der Waals surface area (Å²) in [6, 6.07) is 2.09. The van der Waals surface area contributed by atoms with Crippen LogP contribution < -0.4 is 5.32 Å². The first kappa shape index (κ1) is 14.1. The fourth-order valence-electron chi connectivity index (χ4n) is 1.49. The summed E-state index contributed by atoms with van der Waals surface area (Å²) in [6.45, 7) is 2.03. The number of nitrogens with one attached hydrogen (secondary N) is 1. The van der Waals surface area contributed by atoms with E-state index in [4.69, 9.17) is 0 Å². The molecule has 2 rings (SSSR count). The maximum Gasteiger partial charge on any atom is 0.257 e. The highest BCUT2D eigenvalue weighted by Gasteiger charge is 2.18. The molecule has 1 N–H and O–H groups in total. The van der Waals surface area contributed by atoms with Gasteiger partial charge in [0.05, 0.1) is 6.54 Å². The average molecular weight is 347 g/mol. The number of carbonyl (C=O) groups excluding carboxylic acids is 1. The number of hydrogen-bond acceptors (Lipinski definition) is 3. The third-order valence-corrected chi connectivity index (χ3v) is 3.67. The summed E-state index contributed by atoms with van der Waals surface area (Å²) >= 11 is 4.37. The van der Waals surface area contributed by atoms with Crippen molar-refractivity contribution in [2.24, 2.45) is 0 Å². The summed E-state index contributed by atoms with van der Waals surface area (Å²) < 4.78 is 27.3. The van der Waals surface area contributed by atoms with E-state index in [0.29, 0.717) is 5.01 Å². The zero-order valence-corrected chi connectivity index (χ0v) is 12.2. The Labute approximate surface area is 120 Å². The van der Waals surface area contributed by atoms with Gasteiger partial charge in [0.2, 0.25) is 0 Å². The predicted octanol–water partition coefficient (Wildman–Crippen LogP) is 3.42. The van der Waals surface area contributed by atoms with E-state index >= 15 is 0 Å². The van der Waals surface area contributed by atoms with Gasteiger partial charge in [-0.15, -0.1) is 11.3 Å². The van der Waals surface area contributed by atoms with Crippen LogP contribution in [-0.2, 0) is 6.54 Å². The molecule has 1 aromatic carbocycles. The molecule has 19 heavy (non-hydrogen) atoms. The minimum Gasteiger partial charge on any atom is -0.345 e. The highest BCUT2D eigenvalue weighted by Crippen LogP contribution is 2.19. The second-order valence-corrected chi connectivity index (χ2v) is 6.03. The molecule has 2 aromatic rings. The Morgan fingerprint density at radius 2 is 2.05 bits per heavy atom. The molecule has 1 amide bonds. The second kappa shape index (κ2) is 5.75. The maximum atomic E-state index is 13.5. The fourth-order valence-corrected chi connectivity index (χ4v) is 2.62. The first-order valence-electron chi connectivity index (χ1n) is 5.31. The van der Waals surface area contributed by atoms with E-state index in [-0.39, 0.29) is 11.0 Å². The van der Waals surface area contributed by atoms with Crippen LogP contribution >= 0.6 is 27.3 Å². The lowest BCUT2D eigenvalue weighted by Crippen LogP contribution is -2.25. The number of rotatable bonds is 3. The van der Waals surface area contributed by atoms with Crippen molar-refractivity contribution in [3.63, 3.8) is 0 Å². The van der Waals surface area contributed by atoms with Gasteiger partial charge < -0.3 is 5.32 Å². The summed E-state index contributed by atoms with van der Waals surface area (Å²) in [4.78, 5) is 16.8. The van der Waals surface area contributed by atoms with Crippen LogP contribution in [0, 0.1) is 18.6 Å². The lowest BCUT2D eigenvalue weighted by atomic mass is 10.2. The van der Waals surface area contributed by atoms with Crippen LogP contribution in [0.2, 0.25) is 0 Å². The molecule has 0 aliphatic rings. The Bertz CT molecular complexity index is 607. The van der Waals surface area contributed by atoms with Crippen LogP contribution in [0.25, 0.3) is 0 Å². The largest absolute Gasteiger partial charge is 0.345 e. The Balaban J connectivity index is 2.12. The minimum absolute atomic E-state index is 0.145. The minimum atomic E-state index is -0.903. The number of hydrogen-bond donors (Lipinski definition) is 1. The van der Waals surface area contributed by atoms with Crippen LogP contribution in [0.3, 0.4) is 0 Å². The molecule has 1 aromatic heterocycles. The number of aryl methyl sites for hydroxylation is 1. The van der Waals surface area contributed by atoms with Gasteiger partial charge in [0.15, 0.2) is 0 Å². The highest BCUT2D eigenvalue weighted by molar-refractivity contribution is 9.10. The fraction of sp³-hybridized carbons (Fsp3) is 0.167.